The fourth-order valence-corrected chi connectivity index (χ4v) is 8.16. The van der Waals surface area contributed by atoms with Gasteiger partial charge in [0, 0.05) is 0 Å². The molecule has 1 heteroatoms. The third-order valence-electron chi connectivity index (χ3n) is 9.69. The summed E-state index contributed by atoms with van der Waals surface area (Å²) in [5, 5.41) is 10.2. The molecule has 0 aromatic heterocycles. The summed E-state index contributed by atoms with van der Waals surface area (Å²) in [6.45, 7) is 13.8. The maximum absolute atomic E-state index is 10.2. The molecule has 4 rings (SSSR count). The Morgan fingerprint density at radius 1 is 1.21 bits per heavy atom. The predicted molar refractivity (Wildman–Crippen MR) is 119 cm³/mol. The molecule has 1 unspecified atom stereocenters. The van der Waals surface area contributed by atoms with Crippen LogP contribution in [0.5, 0.6) is 0 Å². The van der Waals surface area contributed by atoms with Gasteiger partial charge in [-0.1, -0.05) is 56.7 Å². The zero-order valence-corrected chi connectivity index (χ0v) is 18.7. The highest BCUT2D eigenvalue weighted by atomic mass is 16.3. The van der Waals surface area contributed by atoms with Gasteiger partial charge in [0.2, 0.25) is 0 Å². The minimum absolute atomic E-state index is 0.0903. The van der Waals surface area contributed by atoms with E-state index in [1.54, 1.807) is 5.57 Å². The first-order valence-electron chi connectivity index (χ1n) is 11.9. The van der Waals surface area contributed by atoms with Crippen LogP contribution in [-0.4, -0.2) is 11.2 Å². The van der Waals surface area contributed by atoms with Crippen molar-refractivity contribution in [2.24, 2.45) is 40.4 Å². The maximum Gasteiger partial charge on any atom is 0.0577 e. The maximum atomic E-state index is 10.2. The molecule has 0 amide bonds. The number of aliphatic hydroxyl groups is 1. The van der Waals surface area contributed by atoms with Crippen LogP contribution in [0.25, 0.3) is 0 Å². The Bertz CT molecular complexity index is 672. The summed E-state index contributed by atoms with van der Waals surface area (Å²) in [6.07, 6.45) is 18.4. The van der Waals surface area contributed by atoms with Crippen molar-refractivity contribution in [2.75, 3.05) is 0 Å². The highest BCUT2D eigenvalue weighted by molar-refractivity contribution is 5.25. The van der Waals surface area contributed by atoms with Crippen molar-refractivity contribution < 1.29 is 5.11 Å². The quantitative estimate of drug-likeness (QED) is 0.515. The minimum atomic E-state index is -0.0903. The molecule has 4 aliphatic rings. The molecule has 0 saturated heterocycles. The van der Waals surface area contributed by atoms with E-state index < -0.39 is 0 Å². The summed E-state index contributed by atoms with van der Waals surface area (Å²) >= 11 is 0. The third kappa shape index (κ3) is 3.26. The van der Waals surface area contributed by atoms with E-state index in [-0.39, 0.29) is 6.10 Å². The Hall–Kier alpha value is -0.820. The van der Waals surface area contributed by atoms with E-state index >= 15 is 0 Å². The Balaban J connectivity index is 1.54. The molecule has 0 aromatic rings. The molecule has 4 aliphatic carbocycles. The largest absolute Gasteiger partial charge is 0.393 e. The minimum Gasteiger partial charge on any atom is -0.393 e. The highest BCUT2D eigenvalue weighted by Gasteiger charge is 2.58. The Morgan fingerprint density at radius 3 is 2.75 bits per heavy atom. The van der Waals surface area contributed by atoms with Gasteiger partial charge in [0.05, 0.1) is 6.10 Å². The molecule has 0 bridgehead atoms. The normalized spacial score (nSPS) is 46.5. The van der Waals surface area contributed by atoms with E-state index in [2.05, 4.69) is 52.5 Å². The number of fused-ring (bicyclic) bond motifs is 5. The van der Waals surface area contributed by atoms with Crippen LogP contribution in [0.3, 0.4) is 0 Å². The van der Waals surface area contributed by atoms with Crippen molar-refractivity contribution in [1.29, 1.82) is 0 Å². The SMILES string of the molecule is C=C(C)C/C=C/[C@@H](C)[C@H]1CC[C@H]2C3CC=C4C[C@@H](O)CC[C@]4(C)[C@H]3CC[C@]12C. The van der Waals surface area contributed by atoms with Crippen LogP contribution in [0.15, 0.2) is 36.0 Å². The zero-order valence-electron chi connectivity index (χ0n) is 18.7. The summed E-state index contributed by atoms with van der Waals surface area (Å²) in [7, 11) is 0. The second-order valence-corrected chi connectivity index (χ2v) is 11.3. The van der Waals surface area contributed by atoms with Crippen LogP contribution in [0, 0.1) is 40.4 Å². The topological polar surface area (TPSA) is 20.2 Å². The lowest BCUT2D eigenvalue weighted by molar-refractivity contribution is -0.0540. The van der Waals surface area contributed by atoms with Crippen LogP contribution < -0.4 is 0 Å². The molecule has 0 heterocycles. The molecule has 0 spiro atoms. The van der Waals surface area contributed by atoms with Crippen molar-refractivity contribution in [3.8, 4) is 0 Å². The number of hydrogen-bond acceptors (Lipinski definition) is 1. The van der Waals surface area contributed by atoms with E-state index in [4.69, 9.17) is 0 Å². The first kappa shape index (κ1) is 20.5. The molecule has 0 radical (unpaired) electrons. The summed E-state index contributed by atoms with van der Waals surface area (Å²) in [4.78, 5) is 0. The van der Waals surface area contributed by atoms with E-state index in [0.717, 1.165) is 42.9 Å². The second-order valence-electron chi connectivity index (χ2n) is 11.3. The van der Waals surface area contributed by atoms with Gasteiger partial charge < -0.3 is 5.11 Å². The van der Waals surface area contributed by atoms with Crippen LogP contribution in [-0.2, 0) is 0 Å². The van der Waals surface area contributed by atoms with Gasteiger partial charge in [-0.3, -0.25) is 0 Å². The van der Waals surface area contributed by atoms with Gasteiger partial charge in [-0.15, -0.1) is 0 Å². The molecule has 8 atom stereocenters. The smallest absolute Gasteiger partial charge is 0.0577 e. The molecule has 0 aromatic carbocycles. The van der Waals surface area contributed by atoms with Gasteiger partial charge in [-0.05, 0) is 105 Å². The molecule has 28 heavy (non-hydrogen) atoms. The summed E-state index contributed by atoms with van der Waals surface area (Å²) < 4.78 is 0. The van der Waals surface area contributed by atoms with Gasteiger partial charge in [0.15, 0.2) is 0 Å². The van der Waals surface area contributed by atoms with E-state index in [9.17, 15) is 5.11 Å². The Kier molecular flexibility index (Phi) is 5.45. The van der Waals surface area contributed by atoms with E-state index in [0.29, 0.717) is 16.7 Å². The van der Waals surface area contributed by atoms with E-state index in [1.165, 1.54) is 44.1 Å². The summed E-state index contributed by atoms with van der Waals surface area (Å²) in [6, 6.07) is 0. The molecule has 1 N–H and O–H groups in total. The molecule has 1 nitrogen and oxygen atoms in total. The van der Waals surface area contributed by atoms with Crippen molar-refractivity contribution >= 4 is 0 Å². The van der Waals surface area contributed by atoms with Gasteiger partial charge >= 0.3 is 0 Å². The third-order valence-corrected chi connectivity index (χ3v) is 9.69. The van der Waals surface area contributed by atoms with Gasteiger partial charge in [-0.2, -0.15) is 0 Å². The van der Waals surface area contributed by atoms with Crippen molar-refractivity contribution in [1.82, 2.24) is 0 Å². The van der Waals surface area contributed by atoms with E-state index in [1.807, 2.05) is 0 Å². The molecule has 0 aliphatic heterocycles. The van der Waals surface area contributed by atoms with Crippen LogP contribution in [0.2, 0.25) is 0 Å². The van der Waals surface area contributed by atoms with Gasteiger partial charge in [-0.25, -0.2) is 0 Å². The standard InChI is InChI=1S/C27H42O/c1-18(2)7-6-8-19(3)23-11-12-24-22-10-9-20-17-21(28)13-15-26(20,4)25(22)14-16-27(23,24)5/h6,8-9,19,21-25,28H,1,7,10-17H2,2-5H3/b8-6+/t19-,21+,22?,23-,24+,25+,26+,27-/m1/s1. The molecule has 156 valence electrons. The first-order valence-corrected chi connectivity index (χ1v) is 11.9. The molecule has 3 saturated carbocycles. The van der Waals surface area contributed by atoms with Crippen LogP contribution >= 0.6 is 0 Å². The van der Waals surface area contributed by atoms with Crippen molar-refractivity contribution in [2.45, 2.75) is 91.6 Å². The van der Waals surface area contributed by atoms with Gasteiger partial charge in [0.25, 0.3) is 0 Å². The Morgan fingerprint density at radius 2 is 2.00 bits per heavy atom. The number of rotatable bonds is 4. The van der Waals surface area contributed by atoms with Crippen molar-refractivity contribution in [3.05, 3.63) is 36.0 Å². The second kappa shape index (κ2) is 7.46. The zero-order chi connectivity index (χ0) is 20.1. The Labute approximate surface area is 173 Å². The molecular weight excluding hydrogens is 340 g/mol. The molecule has 3 fully saturated rings. The van der Waals surface area contributed by atoms with Crippen molar-refractivity contribution in [3.63, 3.8) is 0 Å². The van der Waals surface area contributed by atoms with Gasteiger partial charge in [0.1, 0.15) is 0 Å². The fraction of sp³-hybridized carbons (Fsp3) is 0.778. The predicted octanol–water partition coefficient (Wildman–Crippen LogP) is 7.08. The molecular formula is C27H42O. The monoisotopic (exact) mass is 382 g/mol. The average Bonchev–Trinajstić information content (AvgIpc) is 2.99. The highest BCUT2D eigenvalue weighted by Crippen LogP contribution is 2.67. The average molecular weight is 383 g/mol. The summed E-state index contributed by atoms with van der Waals surface area (Å²) in [5.41, 5.74) is 3.75. The lowest BCUT2D eigenvalue weighted by Gasteiger charge is -2.58. The van der Waals surface area contributed by atoms with Crippen LogP contribution in [0.4, 0.5) is 0 Å². The fourth-order valence-electron chi connectivity index (χ4n) is 8.16. The number of allylic oxidation sites excluding steroid dienone is 4. The first-order chi connectivity index (χ1) is 13.3. The lowest BCUT2D eigenvalue weighted by Crippen LogP contribution is -2.50. The lowest BCUT2D eigenvalue weighted by atomic mass is 9.47. The number of aliphatic hydroxyl groups excluding tert-OH is 1. The van der Waals surface area contributed by atoms with Crippen LogP contribution in [0.1, 0.15) is 85.5 Å². The summed E-state index contributed by atoms with van der Waals surface area (Å²) in [5.74, 6) is 4.15. The number of hydrogen-bond donors (Lipinski definition) is 1.